The van der Waals surface area contributed by atoms with E-state index in [1.54, 1.807) is 6.07 Å². The molecule has 6 nitrogen and oxygen atoms in total. The molecule has 2 aromatic rings. The van der Waals surface area contributed by atoms with Crippen LogP contribution in [0.5, 0.6) is 0 Å². The van der Waals surface area contributed by atoms with Crippen LogP contribution in [-0.2, 0) is 0 Å². The fourth-order valence-corrected chi connectivity index (χ4v) is 3.25. The zero-order chi connectivity index (χ0) is 19.9. The highest BCUT2D eigenvalue weighted by Crippen LogP contribution is 2.24. The summed E-state index contributed by atoms with van der Waals surface area (Å²) in [5, 5.41) is 5.66. The molecule has 2 heterocycles. The van der Waals surface area contributed by atoms with Crippen LogP contribution in [0.25, 0.3) is 0 Å². The third-order valence-corrected chi connectivity index (χ3v) is 5.07. The van der Waals surface area contributed by atoms with E-state index >= 15 is 0 Å². The van der Waals surface area contributed by atoms with Gasteiger partial charge < -0.3 is 15.5 Å². The first-order chi connectivity index (χ1) is 13.6. The molecule has 1 fully saturated rings. The first-order valence-electron chi connectivity index (χ1n) is 9.96. The van der Waals surface area contributed by atoms with E-state index in [2.05, 4.69) is 27.4 Å². The average molecular weight is 380 g/mol. The molecular formula is C22H28N4O2. The van der Waals surface area contributed by atoms with Crippen molar-refractivity contribution in [3.05, 3.63) is 53.9 Å². The minimum atomic E-state index is -0.280. The molecule has 28 heavy (non-hydrogen) atoms. The molecular weight excluding hydrogens is 352 g/mol. The third kappa shape index (κ3) is 5.09. The molecule has 2 amide bonds. The number of nitrogens with zero attached hydrogens (tertiary/aromatic N) is 2. The fourth-order valence-electron chi connectivity index (χ4n) is 3.25. The number of anilines is 2. The highest BCUT2D eigenvalue weighted by Gasteiger charge is 2.16. The molecule has 1 aromatic carbocycles. The monoisotopic (exact) mass is 380 g/mol. The van der Waals surface area contributed by atoms with Crippen LogP contribution in [-0.4, -0.2) is 36.4 Å². The van der Waals surface area contributed by atoms with Crippen molar-refractivity contribution in [1.29, 1.82) is 0 Å². The smallest absolute Gasteiger partial charge is 0.257 e. The van der Waals surface area contributed by atoms with E-state index in [4.69, 9.17) is 0 Å². The van der Waals surface area contributed by atoms with Crippen molar-refractivity contribution in [2.75, 3.05) is 29.9 Å². The van der Waals surface area contributed by atoms with Crippen LogP contribution in [0.1, 0.15) is 53.8 Å². The topological polar surface area (TPSA) is 74.3 Å². The second-order valence-electron chi connectivity index (χ2n) is 7.39. The maximum absolute atomic E-state index is 12.5. The van der Waals surface area contributed by atoms with Crippen molar-refractivity contribution >= 4 is 23.2 Å². The molecule has 1 saturated heterocycles. The Hall–Kier alpha value is -2.89. The Morgan fingerprint density at radius 2 is 1.71 bits per heavy atom. The molecule has 0 aliphatic carbocycles. The van der Waals surface area contributed by atoms with Crippen LogP contribution in [0.4, 0.5) is 11.4 Å². The Kier molecular flexibility index (Phi) is 6.63. The number of pyridine rings is 1. The van der Waals surface area contributed by atoms with E-state index in [0.29, 0.717) is 17.7 Å². The fraction of sp³-hybridized carbons (Fsp3) is 0.409. The number of benzene rings is 1. The SMILES string of the molecule is CCCNC(=O)c1cncc(C(=O)Nc2ccc(N3CCC(C)CC3)cc2)c1. The van der Waals surface area contributed by atoms with Crippen molar-refractivity contribution < 1.29 is 9.59 Å². The van der Waals surface area contributed by atoms with Gasteiger partial charge in [-0.05, 0) is 55.5 Å². The van der Waals surface area contributed by atoms with Crippen LogP contribution in [0.15, 0.2) is 42.7 Å². The summed E-state index contributed by atoms with van der Waals surface area (Å²) in [5.74, 6) is 0.296. The van der Waals surface area contributed by atoms with Gasteiger partial charge in [0.1, 0.15) is 0 Å². The van der Waals surface area contributed by atoms with E-state index in [-0.39, 0.29) is 11.8 Å². The van der Waals surface area contributed by atoms with Gasteiger partial charge in [0.05, 0.1) is 11.1 Å². The first-order valence-corrected chi connectivity index (χ1v) is 9.96. The van der Waals surface area contributed by atoms with Crippen molar-refractivity contribution in [2.24, 2.45) is 5.92 Å². The van der Waals surface area contributed by atoms with Crippen molar-refractivity contribution in [3.63, 3.8) is 0 Å². The van der Waals surface area contributed by atoms with Crippen LogP contribution in [0.2, 0.25) is 0 Å². The number of amides is 2. The molecule has 1 aromatic heterocycles. The molecule has 0 atom stereocenters. The number of hydrogen-bond donors (Lipinski definition) is 2. The van der Waals surface area contributed by atoms with Gasteiger partial charge in [0.25, 0.3) is 11.8 Å². The Morgan fingerprint density at radius 3 is 2.36 bits per heavy atom. The molecule has 148 valence electrons. The van der Waals surface area contributed by atoms with Gasteiger partial charge in [0.2, 0.25) is 0 Å². The maximum Gasteiger partial charge on any atom is 0.257 e. The highest BCUT2D eigenvalue weighted by molar-refractivity contribution is 6.05. The molecule has 1 aliphatic rings. The van der Waals surface area contributed by atoms with Gasteiger partial charge in [-0.15, -0.1) is 0 Å². The number of carbonyl (C=O) groups excluding carboxylic acids is 2. The summed E-state index contributed by atoms with van der Waals surface area (Å²) in [7, 11) is 0. The number of carbonyl (C=O) groups is 2. The van der Waals surface area contributed by atoms with Gasteiger partial charge in [-0.1, -0.05) is 13.8 Å². The Labute approximate surface area is 166 Å². The van der Waals surface area contributed by atoms with E-state index in [9.17, 15) is 9.59 Å². The van der Waals surface area contributed by atoms with Crippen LogP contribution < -0.4 is 15.5 Å². The van der Waals surface area contributed by atoms with Crippen LogP contribution in [0.3, 0.4) is 0 Å². The van der Waals surface area contributed by atoms with Gasteiger partial charge in [0.15, 0.2) is 0 Å². The predicted molar refractivity (Wildman–Crippen MR) is 112 cm³/mol. The second-order valence-corrected chi connectivity index (χ2v) is 7.39. The van der Waals surface area contributed by atoms with Gasteiger partial charge in [-0.2, -0.15) is 0 Å². The third-order valence-electron chi connectivity index (χ3n) is 5.07. The minimum absolute atomic E-state index is 0.218. The molecule has 0 spiro atoms. The molecule has 6 heteroatoms. The molecule has 0 bridgehead atoms. The largest absolute Gasteiger partial charge is 0.372 e. The highest BCUT2D eigenvalue weighted by atomic mass is 16.2. The Bertz CT molecular complexity index is 812. The van der Waals surface area contributed by atoms with E-state index in [1.165, 1.54) is 30.9 Å². The Balaban J connectivity index is 1.62. The number of nitrogens with one attached hydrogen (secondary N) is 2. The summed E-state index contributed by atoms with van der Waals surface area (Å²) >= 11 is 0. The molecule has 2 N–H and O–H groups in total. The van der Waals surface area contributed by atoms with Crippen LogP contribution >= 0.6 is 0 Å². The summed E-state index contributed by atoms with van der Waals surface area (Å²) in [6.45, 7) is 7.03. The summed E-state index contributed by atoms with van der Waals surface area (Å²) < 4.78 is 0. The summed E-state index contributed by atoms with van der Waals surface area (Å²) in [6, 6.07) is 9.47. The number of hydrogen-bond acceptors (Lipinski definition) is 4. The molecule has 0 radical (unpaired) electrons. The lowest BCUT2D eigenvalue weighted by Crippen LogP contribution is -2.32. The summed E-state index contributed by atoms with van der Waals surface area (Å²) in [6.07, 6.45) is 6.22. The Morgan fingerprint density at radius 1 is 1.07 bits per heavy atom. The maximum atomic E-state index is 12.5. The quantitative estimate of drug-likeness (QED) is 0.801. The van der Waals surface area contributed by atoms with Crippen molar-refractivity contribution in [1.82, 2.24) is 10.3 Å². The molecule has 0 unspecified atom stereocenters. The molecule has 1 aliphatic heterocycles. The average Bonchev–Trinajstić information content (AvgIpc) is 2.73. The first kappa shape index (κ1) is 19.9. The molecule has 0 saturated carbocycles. The normalized spacial score (nSPS) is 14.6. The van der Waals surface area contributed by atoms with Gasteiger partial charge >= 0.3 is 0 Å². The van der Waals surface area contributed by atoms with Crippen LogP contribution in [0, 0.1) is 5.92 Å². The van der Waals surface area contributed by atoms with E-state index < -0.39 is 0 Å². The zero-order valence-corrected chi connectivity index (χ0v) is 16.6. The number of aromatic nitrogens is 1. The molecule has 3 rings (SSSR count). The minimum Gasteiger partial charge on any atom is -0.372 e. The lowest BCUT2D eigenvalue weighted by Gasteiger charge is -2.32. The summed E-state index contributed by atoms with van der Waals surface area (Å²) in [5.41, 5.74) is 2.65. The second kappa shape index (κ2) is 9.35. The lowest BCUT2D eigenvalue weighted by molar-refractivity contribution is 0.0953. The number of piperidine rings is 1. The summed E-state index contributed by atoms with van der Waals surface area (Å²) in [4.78, 5) is 31.0. The van der Waals surface area contributed by atoms with Gasteiger partial charge in [-0.25, -0.2) is 0 Å². The predicted octanol–water partition coefficient (Wildman–Crippen LogP) is 3.71. The standard InChI is InChI=1S/C22H28N4O2/c1-3-10-24-21(27)17-13-18(15-23-14-17)22(28)25-19-4-6-20(7-5-19)26-11-8-16(2)9-12-26/h4-7,13-16H,3,8-12H2,1-2H3,(H,24,27)(H,25,28). The van der Waals surface area contributed by atoms with Crippen molar-refractivity contribution in [3.8, 4) is 0 Å². The van der Waals surface area contributed by atoms with Crippen molar-refractivity contribution in [2.45, 2.75) is 33.1 Å². The van der Waals surface area contributed by atoms with Gasteiger partial charge in [-0.3, -0.25) is 14.6 Å². The number of rotatable bonds is 6. The van der Waals surface area contributed by atoms with Gasteiger partial charge in [0, 0.05) is 43.4 Å². The zero-order valence-electron chi connectivity index (χ0n) is 16.6. The lowest BCUT2D eigenvalue weighted by atomic mass is 9.99. The van der Waals surface area contributed by atoms with E-state index in [0.717, 1.165) is 31.1 Å². The van der Waals surface area contributed by atoms with E-state index in [1.807, 2.05) is 31.2 Å².